The minimum absolute atomic E-state index is 0.489. The molecule has 1 aliphatic rings. The first-order chi connectivity index (χ1) is 11.2. The first-order valence-corrected chi connectivity index (χ1v) is 7.12. The van der Waals surface area contributed by atoms with Crippen LogP contribution in [-0.2, 0) is 0 Å². The van der Waals surface area contributed by atoms with E-state index in [9.17, 15) is 0 Å². The molecular weight excluding hydrogens is 290 g/mol. The van der Waals surface area contributed by atoms with Gasteiger partial charge in [0, 0.05) is 23.4 Å². The fraction of sp³-hybridized carbons (Fsp3) is 0.167. The van der Waals surface area contributed by atoms with Crippen molar-refractivity contribution in [3.8, 4) is 23.8 Å². The van der Waals surface area contributed by atoms with Crippen molar-refractivity contribution in [1.82, 2.24) is 0 Å². The maximum absolute atomic E-state index is 5.45. The van der Waals surface area contributed by atoms with Crippen LogP contribution in [0.15, 0.2) is 41.4 Å². The Morgan fingerprint density at radius 2 is 1.96 bits per heavy atom. The van der Waals surface area contributed by atoms with Crippen molar-refractivity contribution in [2.24, 2.45) is 4.99 Å². The highest BCUT2D eigenvalue weighted by Crippen LogP contribution is 2.35. The molecule has 0 fully saturated rings. The third kappa shape index (κ3) is 2.92. The molecule has 0 amide bonds. The number of benzene rings is 2. The average molecular weight is 307 g/mol. The van der Waals surface area contributed by atoms with Crippen LogP contribution in [0.4, 0.5) is 11.4 Å². The SMILES string of the molecule is C#Cc1cccc(NN2CN=Cc3cc(OC)c(OC)cc32)c1. The van der Waals surface area contributed by atoms with Gasteiger partial charge in [-0.1, -0.05) is 12.0 Å². The maximum Gasteiger partial charge on any atom is 0.162 e. The lowest BCUT2D eigenvalue weighted by molar-refractivity contribution is 0.355. The Morgan fingerprint density at radius 3 is 2.70 bits per heavy atom. The fourth-order valence-corrected chi connectivity index (χ4v) is 2.45. The molecule has 0 saturated carbocycles. The first kappa shape index (κ1) is 14.8. The number of fused-ring (bicyclic) bond motifs is 1. The van der Waals surface area contributed by atoms with Crippen molar-refractivity contribution in [3.63, 3.8) is 0 Å². The lowest BCUT2D eigenvalue weighted by atomic mass is 10.1. The van der Waals surface area contributed by atoms with Crippen molar-refractivity contribution in [1.29, 1.82) is 0 Å². The van der Waals surface area contributed by atoms with E-state index in [0.717, 1.165) is 22.5 Å². The molecule has 5 heteroatoms. The van der Waals surface area contributed by atoms with Gasteiger partial charge >= 0.3 is 0 Å². The zero-order valence-corrected chi connectivity index (χ0v) is 13.0. The Morgan fingerprint density at radius 1 is 1.17 bits per heavy atom. The molecule has 5 nitrogen and oxygen atoms in total. The van der Waals surface area contributed by atoms with E-state index >= 15 is 0 Å². The monoisotopic (exact) mass is 307 g/mol. The lowest BCUT2D eigenvalue weighted by Crippen LogP contribution is -2.33. The van der Waals surface area contributed by atoms with Crippen LogP contribution in [-0.4, -0.2) is 27.1 Å². The number of nitrogens with zero attached hydrogens (tertiary/aromatic N) is 2. The molecule has 0 bridgehead atoms. The molecule has 0 atom stereocenters. The quantitative estimate of drug-likeness (QED) is 0.882. The number of ether oxygens (including phenoxy) is 2. The molecule has 0 aromatic heterocycles. The van der Waals surface area contributed by atoms with Crippen molar-refractivity contribution in [2.45, 2.75) is 0 Å². The molecule has 0 saturated heterocycles. The van der Waals surface area contributed by atoms with Gasteiger partial charge in [0.05, 0.1) is 25.6 Å². The van der Waals surface area contributed by atoms with E-state index in [1.807, 2.05) is 47.6 Å². The topological polar surface area (TPSA) is 46.1 Å². The summed E-state index contributed by atoms with van der Waals surface area (Å²) in [5.41, 5.74) is 6.97. The minimum Gasteiger partial charge on any atom is -0.493 e. The molecule has 23 heavy (non-hydrogen) atoms. The van der Waals surface area contributed by atoms with E-state index in [1.165, 1.54) is 0 Å². The van der Waals surface area contributed by atoms with Gasteiger partial charge in [0.25, 0.3) is 0 Å². The summed E-state index contributed by atoms with van der Waals surface area (Å²) in [6, 6.07) is 11.5. The Bertz CT molecular complexity index is 793. The molecule has 1 N–H and O–H groups in total. The van der Waals surface area contributed by atoms with Crippen LogP contribution in [0.2, 0.25) is 0 Å². The number of hydrogen-bond donors (Lipinski definition) is 1. The normalized spacial score (nSPS) is 12.3. The van der Waals surface area contributed by atoms with Crippen molar-refractivity contribution in [2.75, 3.05) is 31.3 Å². The smallest absolute Gasteiger partial charge is 0.162 e. The average Bonchev–Trinajstić information content (AvgIpc) is 2.61. The van der Waals surface area contributed by atoms with Crippen LogP contribution in [0.3, 0.4) is 0 Å². The predicted molar refractivity (Wildman–Crippen MR) is 92.5 cm³/mol. The summed E-state index contributed by atoms with van der Waals surface area (Å²) >= 11 is 0. The van der Waals surface area contributed by atoms with Gasteiger partial charge in [-0.2, -0.15) is 0 Å². The molecule has 0 spiro atoms. The standard InChI is InChI=1S/C18H17N3O2/c1-4-13-6-5-7-15(8-13)20-21-12-19-11-14-9-17(22-2)18(23-3)10-16(14)21/h1,5-11,20H,12H2,2-3H3. The van der Waals surface area contributed by atoms with Crippen LogP contribution in [0, 0.1) is 12.3 Å². The minimum atomic E-state index is 0.489. The van der Waals surface area contributed by atoms with Crippen molar-refractivity contribution >= 4 is 17.6 Å². The highest BCUT2D eigenvalue weighted by atomic mass is 16.5. The van der Waals surface area contributed by atoms with E-state index in [-0.39, 0.29) is 0 Å². The Balaban J connectivity index is 1.95. The van der Waals surface area contributed by atoms with Gasteiger partial charge in [0.1, 0.15) is 6.67 Å². The molecule has 1 aliphatic heterocycles. The summed E-state index contributed by atoms with van der Waals surface area (Å²) in [5, 5.41) is 1.94. The summed E-state index contributed by atoms with van der Waals surface area (Å²) < 4.78 is 10.7. The van der Waals surface area contributed by atoms with Crippen LogP contribution < -0.4 is 19.9 Å². The summed E-state index contributed by atoms with van der Waals surface area (Å²) in [6.07, 6.45) is 7.28. The Kier molecular flexibility index (Phi) is 4.07. The van der Waals surface area contributed by atoms with E-state index in [4.69, 9.17) is 15.9 Å². The summed E-state index contributed by atoms with van der Waals surface area (Å²) in [7, 11) is 3.24. The Hall–Kier alpha value is -3.13. The second kappa shape index (κ2) is 6.32. The van der Waals surface area contributed by atoms with Gasteiger partial charge in [0.15, 0.2) is 11.5 Å². The van der Waals surface area contributed by atoms with Crippen LogP contribution >= 0.6 is 0 Å². The third-order valence-electron chi connectivity index (χ3n) is 3.57. The second-order valence-electron chi connectivity index (χ2n) is 4.98. The highest BCUT2D eigenvalue weighted by molar-refractivity contribution is 5.92. The molecule has 2 aromatic rings. The molecular formula is C18H17N3O2. The number of rotatable bonds is 4. The van der Waals surface area contributed by atoms with Gasteiger partial charge in [-0.25, -0.2) is 0 Å². The predicted octanol–water partition coefficient (Wildman–Crippen LogP) is 2.91. The van der Waals surface area contributed by atoms with Gasteiger partial charge in [-0.3, -0.25) is 15.4 Å². The van der Waals surface area contributed by atoms with Gasteiger partial charge < -0.3 is 9.47 Å². The lowest BCUT2D eigenvalue weighted by Gasteiger charge is -2.29. The van der Waals surface area contributed by atoms with E-state index in [2.05, 4.69) is 16.3 Å². The fourth-order valence-electron chi connectivity index (χ4n) is 2.45. The number of nitrogens with one attached hydrogen (secondary N) is 1. The first-order valence-electron chi connectivity index (χ1n) is 7.12. The van der Waals surface area contributed by atoms with E-state index < -0.39 is 0 Å². The van der Waals surface area contributed by atoms with Crippen molar-refractivity contribution < 1.29 is 9.47 Å². The van der Waals surface area contributed by atoms with Crippen LogP contribution in [0.25, 0.3) is 0 Å². The highest BCUT2D eigenvalue weighted by Gasteiger charge is 2.18. The van der Waals surface area contributed by atoms with Gasteiger partial charge in [-0.05, 0) is 24.3 Å². The van der Waals surface area contributed by atoms with Crippen LogP contribution in [0.1, 0.15) is 11.1 Å². The summed E-state index contributed by atoms with van der Waals surface area (Å²) in [6.45, 7) is 0.489. The number of aliphatic imine (C=N–C) groups is 1. The molecule has 0 unspecified atom stereocenters. The number of terminal acetylenes is 1. The largest absolute Gasteiger partial charge is 0.493 e. The van der Waals surface area contributed by atoms with Crippen LogP contribution in [0.5, 0.6) is 11.5 Å². The van der Waals surface area contributed by atoms with Gasteiger partial charge in [0.2, 0.25) is 0 Å². The number of methoxy groups -OCH3 is 2. The Labute approximate surface area is 135 Å². The molecule has 116 valence electrons. The molecule has 2 aromatic carbocycles. The second-order valence-corrected chi connectivity index (χ2v) is 4.98. The molecule has 1 heterocycles. The zero-order valence-electron chi connectivity index (χ0n) is 13.0. The van der Waals surface area contributed by atoms with E-state index in [1.54, 1.807) is 14.2 Å². The molecule has 0 radical (unpaired) electrons. The summed E-state index contributed by atoms with van der Waals surface area (Å²) in [4.78, 5) is 4.37. The number of hydrazine groups is 1. The third-order valence-corrected chi connectivity index (χ3v) is 3.57. The van der Waals surface area contributed by atoms with E-state index in [0.29, 0.717) is 18.2 Å². The van der Waals surface area contributed by atoms with Gasteiger partial charge in [-0.15, -0.1) is 6.42 Å². The molecule has 3 rings (SSSR count). The molecule has 0 aliphatic carbocycles. The number of anilines is 2. The van der Waals surface area contributed by atoms with Crippen molar-refractivity contribution in [3.05, 3.63) is 47.5 Å². The maximum atomic E-state index is 5.45. The number of hydrogen-bond acceptors (Lipinski definition) is 5. The summed E-state index contributed by atoms with van der Waals surface area (Å²) in [5.74, 6) is 3.98. The zero-order chi connectivity index (χ0) is 16.2.